The van der Waals surface area contributed by atoms with Gasteiger partial charge in [0.2, 0.25) is 0 Å². The van der Waals surface area contributed by atoms with E-state index in [4.69, 9.17) is 0 Å². The highest BCUT2D eigenvalue weighted by Gasteiger charge is 2.32. The van der Waals surface area contributed by atoms with E-state index in [0.717, 1.165) is 37.5 Å². The standard InChI is InChI=1S/C36H40F4/c1-3-4-5-6-24-8-10-25(11-9-24)26-12-14-27(15-13-26)31-21-22-32(36(40)35(31)39)29-18-16-28(17-19-29)30-20-7-23(2)33(37)34(30)38/h3-4,7,16-22,24-27H,5-6,8-15H2,1-2H3. The first-order valence-electron chi connectivity index (χ1n) is 15.0. The fraction of sp³-hybridized carbons (Fsp3) is 0.444. The van der Waals surface area contributed by atoms with Crippen molar-refractivity contribution in [1.82, 2.24) is 0 Å². The summed E-state index contributed by atoms with van der Waals surface area (Å²) >= 11 is 0. The van der Waals surface area contributed by atoms with Crippen LogP contribution in [0.3, 0.4) is 0 Å². The van der Waals surface area contributed by atoms with Crippen molar-refractivity contribution in [3.63, 3.8) is 0 Å². The Morgan fingerprint density at radius 3 is 1.73 bits per heavy atom. The quantitative estimate of drug-likeness (QED) is 0.203. The molecule has 0 nitrogen and oxygen atoms in total. The van der Waals surface area contributed by atoms with E-state index in [-0.39, 0.29) is 22.6 Å². The molecule has 0 atom stereocenters. The Morgan fingerprint density at radius 2 is 1.15 bits per heavy atom. The van der Waals surface area contributed by atoms with Crippen LogP contribution in [0.4, 0.5) is 17.6 Å². The second kappa shape index (κ2) is 12.7. The van der Waals surface area contributed by atoms with E-state index in [9.17, 15) is 8.78 Å². The van der Waals surface area contributed by atoms with Gasteiger partial charge in [-0.2, -0.15) is 0 Å². The first kappa shape index (κ1) is 28.6. The molecular weight excluding hydrogens is 508 g/mol. The molecule has 0 radical (unpaired) electrons. The number of halogens is 4. The van der Waals surface area contributed by atoms with Crippen LogP contribution in [0, 0.1) is 47.9 Å². The lowest BCUT2D eigenvalue weighted by Crippen LogP contribution is -2.25. The first-order chi connectivity index (χ1) is 19.4. The van der Waals surface area contributed by atoms with Gasteiger partial charge in [-0.05, 0) is 111 Å². The number of hydrogen-bond donors (Lipinski definition) is 0. The van der Waals surface area contributed by atoms with Gasteiger partial charge in [-0.15, -0.1) is 0 Å². The van der Waals surface area contributed by atoms with Crippen LogP contribution in [0.1, 0.15) is 88.2 Å². The van der Waals surface area contributed by atoms with E-state index in [1.54, 1.807) is 36.4 Å². The van der Waals surface area contributed by atoms with Crippen molar-refractivity contribution in [2.45, 2.75) is 84.0 Å². The fourth-order valence-electron chi connectivity index (χ4n) is 7.15. The highest BCUT2D eigenvalue weighted by Crippen LogP contribution is 2.45. The predicted molar refractivity (Wildman–Crippen MR) is 156 cm³/mol. The molecular formula is C36H40F4. The lowest BCUT2D eigenvalue weighted by molar-refractivity contribution is 0.156. The van der Waals surface area contributed by atoms with Gasteiger partial charge in [-0.25, -0.2) is 17.6 Å². The number of hydrogen-bond acceptors (Lipinski definition) is 0. The van der Waals surface area contributed by atoms with Crippen molar-refractivity contribution in [2.75, 3.05) is 0 Å². The van der Waals surface area contributed by atoms with Crippen LogP contribution in [0.25, 0.3) is 22.3 Å². The molecule has 4 heteroatoms. The summed E-state index contributed by atoms with van der Waals surface area (Å²) in [6, 6.07) is 13.0. The van der Waals surface area contributed by atoms with Gasteiger partial charge in [0.05, 0.1) is 0 Å². The van der Waals surface area contributed by atoms with E-state index in [1.165, 1.54) is 57.6 Å². The molecule has 2 aliphatic carbocycles. The minimum atomic E-state index is -0.906. The number of aryl methyl sites for hydroxylation is 1. The Balaban J connectivity index is 1.21. The molecule has 0 heterocycles. The summed E-state index contributed by atoms with van der Waals surface area (Å²) < 4.78 is 59.1. The van der Waals surface area contributed by atoms with E-state index in [1.807, 2.05) is 0 Å². The second-order valence-electron chi connectivity index (χ2n) is 12.0. The Morgan fingerprint density at radius 1 is 0.625 bits per heavy atom. The highest BCUT2D eigenvalue weighted by atomic mass is 19.2. The summed E-state index contributed by atoms with van der Waals surface area (Å²) in [4.78, 5) is 0. The van der Waals surface area contributed by atoms with Crippen molar-refractivity contribution in [3.8, 4) is 22.3 Å². The zero-order valence-electron chi connectivity index (χ0n) is 23.7. The first-order valence-corrected chi connectivity index (χ1v) is 15.0. The molecule has 2 aliphatic rings. The molecule has 3 aromatic rings. The summed E-state index contributed by atoms with van der Waals surface area (Å²) in [6.45, 7) is 3.60. The summed E-state index contributed by atoms with van der Waals surface area (Å²) in [5.41, 5.74) is 2.04. The van der Waals surface area contributed by atoms with Gasteiger partial charge in [0.15, 0.2) is 23.3 Å². The van der Waals surface area contributed by atoms with E-state index in [2.05, 4.69) is 19.1 Å². The Hall–Kier alpha value is -2.88. The Labute approximate surface area is 236 Å². The zero-order valence-corrected chi connectivity index (χ0v) is 23.7. The molecule has 0 amide bonds. The average Bonchev–Trinajstić information content (AvgIpc) is 2.98. The third-order valence-electron chi connectivity index (χ3n) is 9.64. The molecule has 2 fully saturated rings. The van der Waals surface area contributed by atoms with Crippen LogP contribution in [0.15, 0.2) is 60.7 Å². The molecule has 0 saturated heterocycles. The van der Waals surface area contributed by atoms with Gasteiger partial charge in [0.25, 0.3) is 0 Å². The third kappa shape index (κ3) is 6.06. The highest BCUT2D eigenvalue weighted by molar-refractivity contribution is 5.71. The normalized spacial score (nSPS) is 23.6. The monoisotopic (exact) mass is 548 g/mol. The lowest BCUT2D eigenvalue weighted by Gasteiger charge is -2.38. The SMILES string of the molecule is CC=CCCC1CCC(C2CCC(c3ccc(-c4ccc(-c5ccc(C)c(F)c5F)cc4)c(F)c3F)CC2)CC1. The molecule has 0 spiro atoms. The molecule has 0 unspecified atom stereocenters. The lowest BCUT2D eigenvalue weighted by atomic mass is 9.68. The Bertz CT molecular complexity index is 1320. The maximum Gasteiger partial charge on any atom is 0.166 e. The zero-order chi connectivity index (χ0) is 28.2. The summed E-state index contributed by atoms with van der Waals surface area (Å²) in [7, 11) is 0. The van der Waals surface area contributed by atoms with Crippen LogP contribution in [0.5, 0.6) is 0 Å². The minimum absolute atomic E-state index is 0.0544. The molecule has 0 aromatic heterocycles. The van der Waals surface area contributed by atoms with Gasteiger partial charge in [-0.1, -0.05) is 73.5 Å². The van der Waals surface area contributed by atoms with Crippen molar-refractivity contribution < 1.29 is 17.6 Å². The topological polar surface area (TPSA) is 0 Å². The predicted octanol–water partition coefficient (Wildman–Crippen LogP) is 11.3. The largest absolute Gasteiger partial charge is 0.203 e. The van der Waals surface area contributed by atoms with E-state index >= 15 is 8.78 Å². The van der Waals surface area contributed by atoms with Crippen molar-refractivity contribution in [1.29, 1.82) is 0 Å². The van der Waals surface area contributed by atoms with Crippen molar-refractivity contribution in [3.05, 3.63) is 95.1 Å². The molecule has 0 bridgehead atoms. The smallest absolute Gasteiger partial charge is 0.166 e. The van der Waals surface area contributed by atoms with Crippen LogP contribution in [0.2, 0.25) is 0 Å². The number of benzene rings is 3. The summed E-state index contributed by atoms with van der Waals surface area (Å²) in [6.07, 6.45) is 16.2. The maximum absolute atomic E-state index is 15.4. The van der Waals surface area contributed by atoms with E-state index in [0.29, 0.717) is 22.6 Å². The van der Waals surface area contributed by atoms with Crippen molar-refractivity contribution in [2.24, 2.45) is 17.8 Å². The van der Waals surface area contributed by atoms with Gasteiger partial charge in [0, 0.05) is 11.1 Å². The van der Waals surface area contributed by atoms with Crippen molar-refractivity contribution >= 4 is 0 Å². The summed E-state index contributed by atoms with van der Waals surface area (Å²) in [5, 5.41) is 0. The molecule has 0 N–H and O–H groups in total. The number of allylic oxidation sites excluding steroid dienone is 2. The van der Waals surface area contributed by atoms with Gasteiger partial charge >= 0.3 is 0 Å². The minimum Gasteiger partial charge on any atom is -0.203 e. The molecule has 3 aromatic carbocycles. The van der Waals surface area contributed by atoms with Crippen LogP contribution in [-0.2, 0) is 0 Å². The molecule has 0 aliphatic heterocycles. The van der Waals surface area contributed by atoms with Crippen LogP contribution >= 0.6 is 0 Å². The van der Waals surface area contributed by atoms with Crippen LogP contribution < -0.4 is 0 Å². The molecule has 40 heavy (non-hydrogen) atoms. The molecule has 5 rings (SSSR count). The maximum atomic E-state index is 15.4. The van der Waals surface area contributed by atoms with E-state index < -0.39 is 23.3 Å². The second-order valence-corrected chi connectivity index (χ2v) is 12.0. The molecule has 2 saturated carbocycles. The number of rotatable bonds is 7. The van der Waals surface area contributed by atoms with Gasteiger partial charge in [0.1, 0.15) is 0 Å². The third-order valence-corrected chi connectivity index (χ3v) is 9.64. The summed E-state index contributed by atoms with van der Waals surface area (Å²) in [5.74, 6) is -0.948. The van der Waals surface area contributed by atoms with Gasteiger partial charge in [-0.3, -0.25) is 0 Å². The van der Waals surface area contributed by atoms with Crippen LogP contribution in [-0.4, -0.2) is 0 Å². The molecule has 212 valence electrons. The fourth-order valence-corrected chi connectivity index (χ4v) is 7.15. The average molecular weight is 549 g/mol. The van der Waals surface area contributed by atoms with Gasteiger partial charge < -0.3 is 0 Å². The Kier molecular flexibility index (Phi) is 9.13.